The van der Waals surface area contributed by atoms with E-state index in [1.54, 1.807) is 6.20 Å². The fourth-order valence-corrected chi connectivity index (χ4v) is 2.74. The zero-order chi connectivity index (χ0) is 17.1. The number of carbonyl (C=O) groups excluding carboxylic acids is 1. The molecule has 1 heterocycles. The number of carbonyl (C=O) groups is 1. The van der Waals surface area contributed by atoms with Crippen molar-refractivity contribution in [3.63, 3.8) is 0 Å². The number of pyridine rings is 1. The second kappa shape index (κ2) is 6.68. The Balaban J connectivity index is 2.05. The average molecular weight is 320 g/mol. The van der Waals surface area contributed by atoms with Crippen molar-refractivity contribution < 1.29 is 4.79 Å². The molecule has 3 aromatic rings. The zero-order valence-electron chi connectivity index (χ0n) is 13.5. The van der Waals surface area contributed by atoms with Crippen LogP contribution in [0.25, 0.3) is 21.9 Å². The molecule has 0 saturated heterocycles. The summed E-state index contributed by atoms with van der Waals surface area (Å²) in [6.45, 7) is 2.38. The van der Waals surface area contributed by atoms with Crippen LogP contribution in [0.15, 0.2) is 48.7 Å². The highest BCUT2D eigenvalue weighted by Crippen LogP contribution is 2.31. The molecule has 0 bridgehead atoms. The molecule has 3 rings (SSSR count). The summed E-state index contributed by atoms with van der Waals surface area (Å²) in [4.78, 5) is 15.9. The van der Waals surface area contributed by atoms with Gasteiger partial charge in [-0.3, -0.25) is 4.79 Å². The number of hydrogen-bond acceptors (Lipinski definition) is 4. The molecule has 122 valence electrons. The first-order valence-electron chi connectivity index (χ1n) is 7.83. The second-order valence-electron chi connectivity index (χ2n) is 5.76. The molecule has 0 aliphatic heterocycles. The van der Waals surface area contributed by atoms with Gasteiger partial charge < -0.3 is 16.8 Å². The molecule has 5 heteroatoms. The second-order valence-corrected chi connectivity index (χ2v) is 5.76. The van der Waals surface area contributed by atoms with E-state index < -0.39 is 0 Å². The maximum Gasteiger partial charge on any atom is 0.226 e. The Morgan fingerprint density at radius 1 is 1.21 bits per heavy atom. The van der Waals surface area contributed by atoms with Gasteiger partial charge in [0.15, 0.2) is 0 Å². The van der Waals surface area contributed by atoms with Crippen LogP contribution in [0.2, 0.25) is 0 Å². The third kappa shape index (κ3) is 3.21. The topological polar surface area (TPSA) is 94.0 Å². The lowest BCUT2D eigenvalue weighted by Crippen LogP contribution is -2.16. The summed E-state index contributed by atoms with van der Waals surface area (Å²) in [5.41, 5.74) is 15.6. The summed E-state index contributed by atoms with van der Waals surface area (Å²) >= 11 is 0. The van der Waals surface area contributed by atoms with Gasteiger partial charge in [0.1, 0.15) is 5.82 Å². The van der Waals surface area contributed by atoms with E-state index in [1.807, 2.05) is 24.3 Å². The van der Waals surface area contributed by atoms with E-state index in [1.165, 1.54) is 5.56 Å². The van der Waals surface area contributed by atoms with Gasteiger partial charge in [0.25, 0.3) is 0 Å². The standard InChI is InChI=1S/C19H20N4O/c1-12-4-2-3-5-15(12)13-8-14-10-18(23-19(24)6-7-20)22-11-16(14)17(21)9-13/h2-5,8-11H,6-7,20-21H2,1H3,(H,22,23,24). The molecule has 0 fully saturated rings. The lowest BCUT2D eigenvalue weighted by atomic mass is 9.97. The number of nitrogens with one attached hydrogen (secondary N) is 1. The molecule has 0 saturated carbocycles. The number of aryl methyl sites for hydroxylation is 1. The number of nitrogens with zero attached hydrogens (tertiary/aromatic N) is 1. The molecule has 1 amide bonds. The van der Waals surface area contributed by atoms with Crippen LogP contribution in [0.1, 0.15) is 12.0 Å². The quantitative estimate of drug-likeness (QED) is 0.644. The van der Waals surface area contributed by atoms with Gasteiger partial charge in [0.05, 0.1) is 0 Å². The Morgan fingerprint density at radius 3 is 2.75 bits per heavy atom. The number of fused-ring (bicyclic) bond motifs is 1. The van der Waals surface area contributed by atoms with E-state index in [0.29, 0.717) is 18.1 Å². The molecule has 0 unspecified atom stereocenters. The molecular weight excluding hydrogens is 300 g/mol. The molecule has 5 nitrogen and oxygen atoms in total. The molecule has 5 N–H and O–H groups in total. The highest BCUT2D eigenvalue weighted by atomic mass is 16.1. The maximum absolute atomic E-state index is 11.7. The molecule has 0 spiro atoms. The first kappa shape index (κ1) is 16.0. The number of hydrogen-bond donors (Lipinski definition) is 3. The van der Waals surface area contributed by atoms with Crippen LogP contribution in [0.4, 0.5) is 11.5 Å². The fourth-order valence-electron chi connectivity index (χ4n) is 2.74. The Bertz CT molecular complexity index is 905. The number of aromatic nitrogens is 1. The van der Waals surface area contributed by atoms with Crippen molar-refractivity contribution in [2.24, 2.45) is 5.73 Å². The lowest BCUT2D eigenvalue weighted by molar-refractivity contribution is -0.116. The number of rotatable bonds is 4. The highest BCUT2D eigenvalue weighted by Gasteiger charge is 2.08. The molecule has 24 heavy (non-hydrogen) atoms. The number of anilines is 2. The molecule has 0 aliphatic carbocycles. The minimum absolute atomic E-state index is 0.146. The van der Waals surface area contributed by atoms with Crippen LogP contribution in [0, 0.1) is 6.92 Å². The van der Waals surface area contributed by atoms with Crippen LogP contribution in [0.5, 0.6) is 0 Å². The first-order valence-corrected chi connectivity index (χ1v) is 7.83. The molecule has 2 aromatic carbocycles. The van der Waals surface area contributed by atoms with Crippen LogP contribution < -0.4 is 16.8 Å². The van der Waals surface area contributed by atoms with Crippen LogP contribution >= 0.6 is 0 Å². The average Bonchev–Trinajstić information content (AvgIpc) is 2.55. The third-order valence-electron chi connectivity index (χ3n) is 3.96. The number of amides is 1. The van der Waals surface area contributed by atoms with E-state index in [2.05, 4.69) is 35.4 Å². The van der Waals surface area contributed by atoms with Crippen molar-refractivity contribution in [2.75, 3.05) is 17.6 Å². The van der Waals surface area contributed by atoms with E-state index >= 15 is 0 Å². The first-order chi connectivity index (χ1) is 11.6. The zero-order valence-corrected chi connectivity index (χ0v) is 13.5. The summed E-state index contributed by atoms with van der Waals surface area (Å²) < 4.78 is 0. The SMILES string of the molecule is Cc1ccccc1-c1cc(N)c2cnc(NC(=O)CCN)cc2c1. The number of benzene rings is 2. The predicted octanol–water partition coefficient (Wildman–Crippen LogP) is 3.08. The van der Waals surface area contributed by atoms with Crippen molar-refractivity contribution in [2.45, 2.75) is 13.3 Å². The summed E-state index contributed by atoms with van der Waals surface area (Å²) in [5.74, 6) is 0.356. The van der Waals surface area contributed by atoms with Crippen molar-refractivity contribution in [3.05, 3.63) is 54.2 Å². The Labute approximate surface area is 140 Å². The molecule has 0 aliphatic rings. The summed E-state index contributed by atoms with van der Waals surface area (Å²) in [6.07, 6.45) is 1.95. The predicted molar refractivity (Wildman–Crippen MR) is 98.6 cm³/mol. The van der Waals surface area contributed by atoms with Gasteiger partial charge in [-0.25, -0.2) is 4.98 Å². The van der Waals surface area contributed by atoms with E-state index in [0.717, 1.165) is 21.9 Å². The van der Waals surface area contributed by atoms with Crippen molar-refractivity contribution in [3.8, 4) is 11.1 Å². The van der Waals surface area contributed by atoms with Crippen LogP contribution in [-0.2, 0) is 4.79 Å². The molecule has 0 atom stereocenters. The Kier molecular flexibility index (Phi) is 4.44. The van der Waals surface area contributed by atoms with Gasteiger partial charge in [0.2, 0.25) is 5.91 Å². The van der Waals surface area contributed by atoms with Crippen molar-refractivity contribution in [1.82, 2.24) is 4.98 Å². The van der Waals surface area contributed by atoms with Gasteiger partial charge in [-0.1, -0.05) is 24.3 Å². The van der Waals surface area contributed by atoms with Gasteiger partial charge in [-0.15, -0.1) is 0 Å². The van der Waals surface area contributed by atoms with Gasteiger partial charge >= 0.3 is 0 Å². The smallest absolute Gasteiger partial charge is 0.226 e. The summed E-state index contributed by atoms with van der Waals surface area (Å²) in [7, 11) is 0. The maximum atomic E-state index is 11.7. The summed E-state index contributed by atoms with van der Waals surface area (Å²) in [5, 5.41) is 4.56. The van der Waals surface area contributed by atoms with Gasteiger partial charge in [0, 0.05) is 30.2 Å². The largest absolute Gasteiger partial charge is 0.398 e. The van der Waals surface area contributed by atoms with E-state index in [4.69, 9.17) is 11.5 Å². The lowest BCUT2D eigenvalue weighted by Gasteiger charge is -2.11. The summed E-state index contributed by atoms with van der Waals surface area (Å²) in [6, 6.07) is 14.0. The monoisotopic (exact) mass is 320 g/mol. The minimum atomic E-state index is -0.146. The Hall–Kier alpha value is -2.92. The fraction of sp³-hybridized carbons (Fsp3) is 0.158. The van der Waals surface area contributed by atoms with Crippen molar-refractivity contribution >= 4 is 28.2 Å². The van der Waals surface area contributed by atoms with Crippen molar-refractivity contribution in [1.29, 1.82) is 0 Å². The molecular formula is C19H20N4O. The van der Waals surface area contributed by atoms with E-state index in [-0.39, 0.29) is 12.3 Å². The number of nitrogen functional groups attached to an aromatic ring is 1. The van der Waals surface area contributed by atoms with E-state index in [9.17, 15) is 4.79 Å². The third-order valence-corrected chi connectivity index (χ3v) is 3.96. The highest BCUT2D eigenvalue weighted by molar-refractivity contribution is 5.99. The van der Waals surface area contributed by atoms with Crippen LogP contribution in [0.3, 0.4) is 0 Å². The minimum Gasteiger partial charge on any atom is -0.398 e. The molecule has 1 aromatic heterocycles. The van der Waals surface area contributed by atoms with Gasteiger partial charge in [-0.05, 0) is 47.2 Å². The normalized spacial score (nSPS) is 10.8. The van der Waals surface area contributed by atoms with Crippen LogP contribution in [-0.4, -0.2) is 17.4 Å². The molecule has 0 radical (unpaired) electrons. The Morgan fingerprint density at radius 2 is 2.00 bits per heavy atom. The van der Waals surface area contributed by atoms with Gasteiger partial charge in [-0.2, -0.15) is 0 Å². The number of nitrogens with two attached hydrogens (primary N) is 2.